The zero-order valence-electron chi connectivity index (χ0n) is 7.77. The lowest BCUT2D eigenvalue weighted by Crippen LogP contribution is -2.14. The molecule has 2 rings (SSSR count). The van der Waals surface area contributed by atoms with Gasteiger partial charge in [0.1, 0.15) is 6.10 Å². The van der Waals surface area contributed by atoms with Gasteiger partial charge in [-0.3, -0.25) is 0 Å². The summed E-state index contributed by atoms with van der Waals surface area (Å²) in [7, 11) is 0. The van der Waals surface area contributed by atoms with Crippen molar-refractivity contribution in [1.82, 2.24) is 0 Å². The Labute approximate surface area is 78.5 Å². The average Bonchev–Trinajstić information content (AvgIpc) is 2.99. The highest BCUT2D eigenvalue weighted by atomic mass is 16.6. The summed E-state index contributed by atoms with van der Waals surface area (Å²) in [5.41, 5.74) is 1.22. The Balaban J connectivity index is 1.78. The molecule has 2 atom stereocenters. The normalized spacial score (nSPS) is 22.7. The molecule has 1 aliphatic rings. The predicted octanol–water partition coefficient (Wildman–Crippen LogP) is 1.99. The minimum atomic E-state index is 0.222. The first-order valence-electron chi connectivity index (χ1n) is 4.63. The highest BCUT2D eigenvalue weighted by Gasteiger charge is 2.29. The molecule has 0 amide bonds. The van der Waals surface area contributed by atoms with Crippen LogP contribution in [0.3, 0.4) is 0 Å². The molecule has 0 bridgehead atoms. The van der Waals surface area contributed by atoms with Gasteiger partial charge in [-0.2, -0.15) is 0 Å². The molecule has 1 aliphatic heterocycles. The second-order valence-electron chi connectivity index (χ2n) is 3.37. The molecule has 2 heteroatoms. The molecule has 2 nitrogen and oxygen atoms in total. The van der Waals surface area contributed by atoms with Crippen molar-refractivity contribution in [3.05, 3.63) is 35.9 Å². The van der Waals surface area contributed by atoms with E-state index in [-0.39, 0.29) is 6.10 Å². The molecular weight excluding hydrogens is 164 g/mol. The van der Waals surface area contributed by atoms with Gasteiger partial charge in [0.2, 0.25) is 0 Å². The fraction of sp³-hybridized carbons (Fsp3) is 0.455. The minimum absolute atomic E-state index is 0.222. The smallest absolute Gasteiger partial charge is 0.107 e. The van der Waals surface area contributed by atoms with Crippen LogP contribution in [0.5, 0.6) is 0 Å². The van der Waals surface area contributed by atoms with Gasteiger partial charge in [-0.05, 0) is 12.5 Å². The van der Waals surface area contributed by atoms with E-state index < -0.39 is 0 Å². The molecule has 1 aromatic carbocycles. The first-order chi connectivity index (χ1) is 6.36. The largest absolute Gasteiger partial charge is 0.371 e. The van der Waals surface area contributed by atoms with Crippen LogP contribution >= 0.6 is 0 Å². The Bertz CT molecular complexity index is 254. The van der Waals surface area contributed by atoms with Crippen molar-refractivity contribution in [3.8, 4) is 0 Å². The van der Waals surface area contributed by atoms with E-state index in [4.69, 9.17) is 9.47 Å². The minimum Gasteiger partial charge on any atom is -0.371 e. The van der Waals surface area contributed by atoms with Crippen molar-refractivity contribution in [2.75, 3.05) is 6.61 Å². The summed E-state index contributed by atoms with van der Waals surface area (Å²) in [5.74, 6) is 0. The van der Waals surface area contributed by atoms with E-state index in [1.807, 2.05) is 18.2 Å². The second-order valence-corrected chi connectivity index (χ2v) is 3.37. The lowest BCUT2D eigenvalue weighted by molar-refractivity contribution is 0.0340. The SMILES string of the molecule is C[C@H](OCc1ccccc1)C1CO1. The van der Waals surface area contributed by atoms with Crippen molar-refractivity contribution in [1.29, 1.82) is 0 Å². The fourth-order valence-corrected chi connectivity index (χ4v) is 1.24. The molecule has 0 spiro atoms. The Hall–Kier alpha value is -0.860. The van der Waals surface area contributed by atoms with E-state index in [9.17, 15) is 0 Å². The molecule has 0 saturated carbocycles. The lowest BCUT2D eigenvalue weighted by Gasteiger charge is -2.09. The molecule has 1 aromatic rings. The Morgan fingerprint density at radius 1 is 1.46 bits per heavy atom. The number of hydrogen-bond acceptors (Lipinski definition) is 2. The summed E-state index contributed by atoms with van der Waals surface area (Å²) >= 11 is 0. The van der Waals surface area contributed by atoms with Crippen LogP contribution in [0.1, 0.15) is 12.5 Å². The van der Waals surface area contributed by atoms with Crippen molar-refractivity contribution < 1.29 is 9.47 Å². The van der Waals surface area contributed by atoms with Crippen LogP contribution in [-0.2, 0) is 16.1 Å². The number of benzene rings is 1. The Morgan fingerprint density at radius 2 is 2.15 bits per heavy atom. The third kappa shape index (κ3) is 2.54. The molecule has 1 unspecified atom stereocenters. The van der Waals surface area contributed by atoms with Gasteiger partial charge in [-0.15, -0.1) is 0 Å². The molecule has 0 radical (unpaired) electrons. The van der Waals surface area contributed by atoms with E-state index in [2.05, 4.69) is 19.1 Å². The first kappa shape index (κ1) is 8.73. The van der Waals surface area contributed by atoms with Gasteiger partial charge in [-0.1, -0.05) is 30.3 Å². The van der Waals surface area contributed by atoms with Gasteiger partial charge in [0.15, 0.2) is 0 Å². The summed E-state index contributed by atoms with van der Waals surface area (Å²) < 4.78 is 10.8. The third-order valence-corrected chi connectivity index (χ3v) is 2.24. The Morgan fingerprint density at radius 3 is 2.77 bits per heavy atom. The maximum atomic E-state index is 5.63. The molecule has 1 fully saturated rings. The molecule has 0 N–H and O–H groups in total. The van der Waals surface area contributed by atoms with Crippen LogP contribution in [0.2, 0.25) is 0 Å². The van der Waals surface area contributed by atoms with Crippen LogP contribution in [0.25, 0.3) is 0 Å². The van der Waals surface area contributed by atoms with Gasteiger partial charge >= 0.3 is 0 Å². The van der Waals surface area contributed by atoms with E-state index in [0.717, 1.165) is 6.61 Å². The standard InChI is InChI=1S/C11H14O2/c1-9(11-8-13-11)12-7-10-5-3-2-4-6-10/h2-6,9,11H,7-8H2,1H3/t9-,11?/m0/s1. The van der Waals surface area contributed by atoms with E-state index in [1.54, 1.807) is 0 Å². The zero-order chi connectivity index (χ0) is 9.10. The van der Waals surface area contributed by atoms with E-state index >= 15 is 0 Å². The number of hydrogen-bond donors (Lipinski definition) is 0. The van der Waals surface area contributed by atoms with Crippen LogP contribution in [-0.4, -0.2) is 18.8 Å². The summed E-state index contributed by atoms with van der Waals surface area (Å²) in [6.45, 7) is 3.60. The molecule has 70 valence electrons. The summed E-state index contributed by atoms with van der Waals surface area (Å²) in [4.78, 5) is 0. The van der Waals surface area contributed by atoms with Crippen molar-refractivity contribution >= 4 is 0 Å². The number of epoxide rings is 1. The predicted molar refractivity (Wildman–Crippen MR) is 50.4 cm³/mol. The maximum absolute atomic E-state index is 5.63. The van der Waals surface area contributed by atoms with Crippen molar-refractivity contribution in [3.63, 3.8) is 0 Å². The molecule has 13 heavy (non-hydrogen) atoms. The molecular formula is C11H14O2. The van der Waals surface area contributed by atoms with Crippen LogP contribution in [0, 0.1) is 0 Å². The van der Waals surface area contributed by atoms with E-state index in [1.165, 1.54) is 5.56 Å². The van der Waals surface area contributed by atoms with Gasteiger partial charge in [0, 0.05) is 0 Å². The number of rotatable bonds is 4. The van der Waals surface area contributed by atoms with Crippen LogP contribution < -0.4 is 0 Å². The van der Waals surface area contributed by atoms with E-state index in [0.29, 0.717) is 12.7 Å². The fourth-order valence-electron chi connectivity index (χ4n) is 1.24. The second kappa shape index (κ2) is 3.90. The topological polar surface area (TPSA) is 21.8 Å². The molecule has 1 saturated heterocycles. The summed E-state index contributed by atoms with van der Waals surface area (Å²) in [5, 5.41) is 0. The van der Waals surface area contributed by atoms with Gasteiger partial charge in [0.05, 0.1) is 19.3 Å². The number of ether oxygens (including phenoxy) is 2. The lowest BCUT2D eigenvalue weighted by atomic mass is 10.2. The molecule has 1 heterocycles. The van der Waals surface area contributed by atoms with Gasteiger partial charge in [0.25, 0.3) is 0 Å². The van der Waals surface area contributed by atoms with Crippen molar-refractivity contribution in [2.45, 2.75) is 25.7 Å². The molecule has 0 aromatic heterocycles. The summed E-state index contributed by atoms with van der Waals surface area (Å²) in [6, 6.07) is 10.2. The van der Waals surface area contributed by atoms with Gasteiger partial charge in [-0.25, -0.2) is 0 Å². The quantitative estimate of drug-likeness (QED) is 0.658. The zero-order valence-corrected chi connectivity index (χ0v) is 7.77. The van der Waals surface area contributed by atoms with Gasteiger partial charge < -0.3 is 9.47 Å². The first-order valence-corrected chi connectivity index (χ1v) is 4.63. The summed E-state index contributed by atoms with van der Waals surface area (Å²) in [6.07, 6.45) is 0.559. The highest BCUT2D eigenvalue weighted by Crippen LogP contribution is 2.17. The monoisotopic (exact) mass is 178 g/mol. The Kier molecular flexibility index (Phi) is 2.62. The average molecular weight is 178 g/mol. The highest BCUT2D eigenvalue weighted by molar-refractivity contribution is 5.13. The van der Waals surface area contributed by atoms with Crippen LogP contribution in [0.15, 0.2) is 30.3 Å². The van der Waals surface area contributed by atoms with Crippen LogP contribution in [0.4, 0.5) is 0 Å². The third-order valence-electron chi connectivity index (χ3n) is 2.24. The molecule has 0 aliphatic carbocycles. The maximum Gasteiger partial charge on any atom is 0.107 e. The van der Waals surface area contributed by atoms with Crippen molar-refractivity contribution in [2.24, 2.45) is 0 Å².